The van der Waals surface area contributed by atoms with E-state index in [0.717, 1.165) is 49.7 Å². The lowest BCUT2D eigenvalue weighted by molar-refractivity contribution is 0.123. The normalized spacial score (nSPS) is 19.1. The summed E-state index contributed by atoms with van der Waals surface area (Å²) in [6, 6.07) is 12.3. The highest BCUT2D eigenvalue weighted by Gasteiger charge is 2.48. The van der Waals surface area contributed by atoms with Crippen molar-refractivity contribution in [2.75, 3.05) is 13.7 Å². The van der Waals surface area contributed by atoms with Gasteiger partial charge in [-0.25, -0.2) is 0 Å². The molecule has 0 radical (unpaired) electrons. The van der Waals surface area contributed by atoms with E-state index in [1.165, 1.54) is 5.56 Å². The molecule has 22 heavy (non-hydrogen) atoms. The molecule has 1 spiro atoms. The van der Waals surface area contributed by atoms with Gasteiger partial charge >= 0.3 is 0 Å². The molecule has 1 aliphatic heterocycles. The van der Waals surface area contributed by atoms with Gasteiger partial charge < -0.3 is 9.47 Å². The van der Waals surface area contributed by atoms with Gasteiger partial charge in [0.1, 0.15) is 17.1 Å². The number of hydrogen-bond acceptors (Lipinski definition) is 4. The number of fused-ring (bicyclic) bond motifs is 1. The van der Waals surface area contributed by atoms with Crippen LogP contribution in [0.4, 0.5) is 0 Å². The Hall–Kier alpha value is -2.07. The second-order valence-electron chi connectivity index (χ2n) is 6.23. The highest BCUT2D eigenvalue weighted by Crippen LogP contribution is 2.44. The second kappa shape index (κ2) is 5.29. The molecule has 0 bridgehead atoms. The summed E-state index contributed by atoms with van der Waals surface area (Å²) in [5, 5.41) is 0. The van der Waals surface area contributed by atoms with Crippen LogP contribution in [0.2, 0.25) is 0 Å². The highest BCUT2D eigenvalue weighted by atomic mass is 16.5. The quantitative estimate of drug-likeness (QED) is 0.872. The van der Waals surface area contributed by atoms with Gasteiger partial charge in [-0.15, -0.1) is 0 Å². The fraction of sp³-hybridized carbons (Fsp3) is 0.389. The Bertz CT molecular complexity index is 665. The number of rotatable bonds is 3. The molecule has 1 aliphatic carbocycles. The van der Waals surface area contributed by atoms with Crippen LogP contribution in [0.25, 0.3) is 0 Å². The van der Waals surface area contributed by atoms with E-state index < -0.39 is 0 Å². The minimum Gasteiger partial charge on any atom is -0.497 e. The summed E-state index contributed by atoms with van der Waals surface area (Å²) < 4.78 is 11.5. The highest BCUT2D eigenvalue weighted by molar-refractivity contribution is 5.31. The molecule has 114 valence electrons. The Morgan fingerprint density at radius 3 is 2.77 bits per heavy atom. The van der Waals surface area contributed by atoms with E-state index in [4.69, 9.17) is 9.47 Å². The summed E-state index contributed by atoms with van der Waals surface area (Å²) in [6.45, 7) is 2.71. The van der Waals surface area contributed by atoms with Crippen molar-refractivity contribution in [3.63, 3.8) is 0 Å². The number of pyridine rings is 1. The van der Waals surface area contributed by atoms with Gasteiger partial charge in [-0.1, -0.05) is 12.1 Å². The summed E-state index contributed by atoms with van der Waals surface area (Å²) in [6.07, 6.45) is 4.12. The standard InChI is InChI=1S/C18H20N2O2/c1-21-15-6-4-14(5-7-15)11-20-12-16-17(3-2-10-19-16)22-18(13-20)8-9-18/h2-7,10H,8-9,11-13H2,1H3. The molecule has 0 N–H and O–H groups in total. The fourth-order valence-corrected chi connectivity index (χ4v) is 3.08. The lowest BCUT2D eigenvalue weighted by atomic mass is 10.2. The van der Waals surface area contributed by atoms with Gasteiger partial charge in [0, 0.05) is 25.8 Å². The van der Waals surface area contributed by atoms with Gasteiger partial charge in [-0.3, -0.25) is 9.88 Å². The average Bonchev–Trinajstić information content (AvgIpc) is 3.31. The van der Waals surface area contributed by atoms with Gasteiger partial charge in [0.05, 0.1) is 12.8 Å². The molecule has 0 atom stereocenters. The lowest BCUT2D eigenvalue weighted by Gasteiger charge is -2.23. The van der Waals surface area contributed by atoms with E-state index in [1.54, 1.807) is 7.11 Å². The Labute approximate surface area is 130 Å². The molecule has 2 heterocycles. The Morgan fingerprint density at radius 2 is 2.05 bits per heavy atom. The second-order valence-corrected chi connectivity index (χ2v) is 6.23. The van der Waals surface area contributed by atoms with Gasteiger partial charge in [-0.2, -0.15) is 0 Å². The lowest BCUT2D eigenvalue weighted by Crippen LogP contribution is -2.34. The van der Waals surface area contributed by atoms with E-state index in [1.807, 2.05) is 30.5 Å². The van der Waals surface area contributed by atoms with Gasteiger partial charge in [0.2, 0.25) is 0 Å². The molecular weight excluding hydrogens is 276 g/mol. The number of aromatic nitrogens is 1. The summed E-state index contributed by atoms with van der Waals surface area (Å²) in [5.74, 6) is 1.85. The van der Waals surface area contributed by atoms with Crippen LogP contribution < -0.4 is 9.47 Å². The third-order valence-corrected chi connectivity index (χ3v) is 4.43. The summed E-state index contributed by atoms with van der Waals surface area (Å²) in [4.78, 5) is 6.94. The van der Waals surface area contributed by atoms with Crippen LogP contribution >= 0.6 is 0 Å². The SMILES string of the molecule is COc1ccc(CN2Cc3ncccc3OC3(CC3)C2)cc1. The number of methoxy groups -OCH3 is 1. The van der Waals surface area contributed by atoms with E-state index in [-0.39, 0.29) is 5.60 Å². The topological polar surface area (TPSA) is 34.6 Å². The number of hydrogen-bond donors (Lipinski definition) is 0. The molecule has 0 unspecified atom stereocenters. The molecule has 4 rings (SSSR count). The van der Waals surface area contributed by atoms with Crippen LogP contribution in [0.1, 0.15) is 24.1 Å². The van der Waals surface area contributed by atoms with Crippen molar-refractivity contribution in [2.24, 2.45) is 0 Å². The van der Waals surface area contributed by atoms with Gasteiger partial charge in [0.25, 0.3) is 0 Å². The number of nitrogens with zero attached hydrogens (tertiary/aromatic N) is 2. The van der Waals surface area contributed by atoms with Crippen LogP contribution in [0.5, 0.6) is 11.5 Å². The molecule has 2 aliphatic rings. The van der Waals surface area contributed by atoms with E-state index in [2.05, 4.69) is 22.0 Å². The van der Waals surface area contributed by atoms with Gasteiger partial charge in [0.15, 0.2) is 0 Å². The Morgan fingerprint density at radius 1 is 1.23 bits per heavy atom. The van der Waals surface area contributed by atoms with Crippen LogP contribution in [0, 0.1) is 0 Å². The smallest absolute Gasteiger partial charge is 0.143 e. The first kappa shape index (κ1) is 13.6. The van der Waals surface area contributed by atoms with Crippen molar-refractivity contribution in [2.45, 2.75) is 31.5 Å². The maximum atomic E-state index is 6.24. The molecule has 1 aromatic heterocycles. The molecule has 1 aromatic carbocycles. The first-order valence-electron chi connectivity index (χ1n) is 7.75. The minimum absolute atomic E-state index is 0.0146. The Kier molecular flexibility index (Phi) is 3.26. The molecule has 1 fully saturated rings. The predicted octanol–water partition coefficient (Wildman–Crippen LogP) is 3.02. The summed E-state index contributed by atoms with van der Waals surface area (Å²) in [7, 11) is 1.70. The monoisotopic (exact) mass is 296 g/mol. The summed E-state index contributed by atoms with van der Waals surface area (Å²) >= 11 is 0. The van der Waals surface area contributed by atoms with E-state index in [0.29, 0.717) is 0 Å². The van der Waals surface area contributed by atoms with Crippen molar-refractivity contribution in [1.29, 1.82) is 0 Å². The molecule has 0 amide bonds. The van der Waals surface area contributed by atoms with Crippen LogP contribution in [0.15, 0.2) is 42.6 Å². The van der Waals surface area contributed by atoms with Crippen molar-refractivity contribution >= 4 is 0 Å². The van der Waals surface area contributed by atoms with Crippen LogP contribution in [-0.4, -0.2) is 29.1 Å². The number of ether oxygens (including phenoxy) is 2. The average molecular weight is 296 g/mol. The maximum absolute atomic E-state index is 6.24. The molecule has 0 saturated heterocycles. The maximum Gasteiger partial charge on any atom is 0.143 e. The molecule has 4 nitrogen and oxygen atoms in total. The first-order chi connectivity index (χ1) is 10.8. The molecule has 1 saturated carbocycles. The fourth-order valence-electron chi connectivity index (χ4n) is 3.08. The van der Waals surface area contributed by atoms with Crippen LogP contribution in [0.3, 0.4) is 0 Å². The van der Waals surface area contributed by atoms with Crippen molar-refractivity contribution in [1.82, 2.24) is 9.88 Å². The van der Waals surface area contributed by atoms with E-state index >= 15 is 0 Å². The zero-order chi connectivity index (χ0) is 15.0. The minimum atomic E-state index is 0.0146. The van der Waals surface area contributed by atoms with Gasteiger partial charge in [-0.05, 0) is 42.7 Å². The molecule has 2 aromatic rings. The molecular formula is C18H20N2O2. The third kappa shape index (κ3) is 2.66. The van der Waals surface area contributed by atoms with E-state index in [9.17, 15) is 0 Å². The largest absolute Gasteiger partial charge is 0.497 e. The van der Waals surface area contributed by atoms with Crippen molar-refractivity contribution < 1.29 is 9.47 Å². The van der Waals surface area contributed by atoms with Crippen molar-refractivity contribution in [3.05, 3.63) is 53.9 Å². The number of benzene rings is 1. The van der Waals surface area contributed by atoms with Crippen molar-refractivity contribution in [3.8, 4) is 11.5 Å². The Balaban J connectivity index is 1.56. The first-order valence-corrected chi connectivity index (χ1v) is 7.75. The third-order valence-electron chi connectivity index (χ3n) is 4.43. The zero-order valence-electron chi connectivity index (χ0n) is 12.8. The van der Waals surface area contributed by atoms with Crippen LogP contribution in [-0.2, 0) is 13.1 Å². The molecule has 4 heteroatoms. The summed E-state index contributed by atoms with van der Waals surface area (Å²) in [5.41, 5.74) is 2.34. The predicted molar refractivity (Wildman–Crippen MR) is 83.9 cm³/mol. The zero-order valence-corrected chi connectivity index (χ0v) is 12.8.